The van der Waals surface area contributed by atoms with Crippen molar-refractivity contribution in [3.05, 3.63) is 70.7 Å². The van der Waals surface area contributed by atoms with Crippen LogP contribution in [0.25, 0.3) is 21.8 Å². The molecule has 0 aliphatic heterocycles. The van der Waals surface area contributed by atoms with Crippen molar-refractivity contribution in [3.8, 4) is 16.9 Å². The number of carboxylic acids is 1. The zero-order chi connectivity index (χ0) is 24.6. The minimum atomic E-state index is -4.68. The van der Waals surface area contributed by atoms with Crippen LogP contribution in [0.5, 0.6) is 0 Å². The van der Waals surface area contributed by atoms with Gasteiger partial charge in [0.15, 0.2) is 5.69 Å². The van der Waals surface area contributed by atoms with Crippen LogP contribution in [0.3, 0.4) is 0 Å². The summed E-state index contributed by atoms with van der Waals surface area (Å²) in [6.45, 7) is 3.96. The van der Waals surface area contributed by atoms with Crippen molar-refractivity contribution in [2.24, 2.45) is 0 Å². The summed E-state index contributed by atoms with van der Waals surface area (Å²) in [6, 6.07) is 12.4. The molecule has 0 saturated heterocycles. The number of aliphatic carboxylic acids is 1. The SMILES string of the molecule is Cc1ccc(-c2cc(C(F)(F)F)nn2-c2ccc(S(=O)(=O)[N-]OC(C)(C)C(=O)[O-])cc2)cc1.[Na+].[Na+]. The minimum absolute atomic E-state index is 0. The van der Waals surface area contributed by atoms with Crippen molar-refractivity contribution >= 4 is 16.0 Å². The van der Waals surface area contributed by atoms with E-state index in [4.69, 9.17) is 0 Å². The molecule has 0 saturated carbocycles. The third-order valence-electron chi connectivity index (χ3n) is 4.58. The number of alkyl halides is 3. The number of carbonyl (C=O) groups excluding carboxylic acids is 1. The molecule has 0 fully saturated rings. The van der Waals surface area contributed by atoms with Crippen LogP contribution in [0.15, 0.2) is 59.5 Å². The number of hydrogen-bond donors (Lipinski definition) is 0. The maximum atomic E-state index is 13.3. The predicted octanol–water partition coefficient (Wildman–Crippen LogP) is -2.60. The maximum absolute atomic E-state index is 13.3. The Kier molecular flexibility index (Phi) is 10.8. The molecule has 0 amide bonds. The average molecular weight is 527 g/mol. The number of sulfonamides is 1. The molecule has 3 rings (SSSR count). The molecule has 176 valence electrons. The van der Waals surface area contributed by atoms with Crippen molar-refractivity contribution in [2.45, 2.75) is 37.4 Å². The number of aryl methyl sites for hydroxylation is 1. The minimum Gasteiger partial charge on any atom is -0.547 e. The molecule has 0 N–H and O–H groups in total. The Bertz CT molecular complexity index is 1280. The van der Waals surface area contributed by atoms with Crippen molar-refractivity contribution in [1.82, 2.24) is 9.78 Å². The Morgan fingerprint density at radius 3 is 2.06 bits per heavy atom. The Hall–Kier alpha value is -1.22. The average Bonchev–Trinajstić information content (AvgIpc) is 3.19. The first kappa shape index (κ1) is 31.8. The molecule has 0 aliphatic carbocycles. The van der Waals surface area contributed by atoms with Gasteiger partial charge < -0.3 is 19.6 Å². The normalized spacial score (nSPS) is 11.9. The first-order chi connectivity index (χ1) is 15.2. The molecule has 3 aromatic rings. The van der Waals surface area contributed by atoms with E-state index < -0.39 is 33.5 Å². The number of halogens is 3. The Labute approximate surface area is 244 Å². The van der Waals surface area contributed by atoms with Gasteiger partial charge in [0.05, 0.1) is 27.8 Å². The molecule has 0 radical (unpaired) electrons. The second-order valence-corrected chi connectivity index (χ2v) is 9.19. The van der Waals surface area contributed by atoms with Crippen LogP contribution >= 0.6 is 0 Å². The number of carboxylic acid groups (broad SMARTS) is 1. The molecular weight excluding hydrogens is 509 g/mol. The molecule has 0 spiro atoms. The second-order valence-electron chi connectivity index (χ2n) is 7.62. The van der Waals surface area contributed by atoms with E-state index in [0.717, 1.165) is 42.3 Å². The summed E-state index contributed by atoms with van der Waals surface area (Å²) in [5, 5.41) is 14.6. The van der Waals surface area contributed by atoms with Gasteiger partial charge >= 0.3 is 65.3 Å². The zero-order valence-electron chi connectivity index (χ0n) is 19.6. The number of nitrogens with zero attached hydrogens (tertiary/aromatic N) is 3. The van der Waals surface area contributed by atoms with Crippen LogP contribution in [0, 0.1) is 6.92 Å². The standard InChI is InChI=1S/C21H19F3N3O5S.2Na/c1-13-4-6-14(7-5-13)17-12-18(21(22,23)24)25-27(17)15-8-10-16(11-9-15)33(30,31)26-32-20(2,3)19(28)29;;/h4-12H,1-3H3,(H,28,29);;/q-1;2*+1/p-1. The Morgan fingerprint density at radius 1 is 1.03 bits per heavy atom. The molecular formula is C21H18F3N3Na2O5S. The molecule has 0 unspecified atom stereocenters. The second kappa shape index (κ2) is 11.9. The maximum Gasteiger partial charge on any atom is 1.00 e. The summed E-state index contributed by atoms with van der Waals surface area (Å²) < 4.78 is 65.6. The van der Waals surface area contributed by atoms with Crippen LogP contribution in [-0.2, 0) is 25.8 Å². The summed E-state index contributed by atoms with van der Waals surface area (Å²) in [4.78, 5) is 18.2. The van der Waals surface area contributed by atoms with E-state index in [0.29, 0.717) is 5.56 Å². The fourth-order valence-corrected chi connectivity index (χ4v) is 3.48. The van der Waals surface area contributed by atoms with Crippen LogP contribution < -0.4 is 64.2 Å². The third kappa shape index (κ3) is 7.63. The molecule has 0 aliphatic rings. The van der Waals surface area contributed by atoms with Gasteiger partial charge in [-0.1, -0.05) is 29.8 Å². The number of aromatic nitrogens is 2. The topological polar surface area (TPSA) is 115 Å². The van der Waals surface area contributed by atoms with Gasteiger partial charge in [0, 0.05) is 5.56 Å². The number of benzene rings is 2. The molecule has 35 heavy (non-hydrogen) atoms. The Balaban J connectivity index is 0.00000306. The van der Waals surface area contributed by atoms with Crippen molar-refractivity contribution < 1.29 is 95.4 Å². The van der Waals surface area contributed by atoms with E-state index in [1.54, 1.807) is 24.3 Å². The summed E-state index contributed by atoms with van der Waals surface area (Å²) >= 11 is 0. The van der Waals surface area contributed by atoms with E-state index >= 15 is 0 Å². The first-order valence-corrected chi connectivity index (χ1v) is 10.9. The van der Waals surface area contributed by atoms with Crippen LogP contribution in [0.1, 0.15) is 25.1 Å². The number of carbonyl (C=O) groups is 1. The van der Waals surface area contributed by atoms with E-state index in [1.165, 1.54) is 12.1 Å². The third-order valence-corrected chi connectivity index (χ3v) is 5.72. The fraction of sp³-hybridized carbons (Fsp3) is 0.238. The van der Waals surface area contributed by atoms with Crippen LogP contribution in [0.2, 0.25) is 0 Å². The van der Waals surface area contributed by atoms with Crippen LogP contribution in [0.4, 0.5) is 13.2 Å². The van der Waals surface area contributed by atoms with Crippen molar-refractivity contribution in [3.63, 3.8) is 0 Å². The summed E-state index contributed by atoms with van der Waals surface area (Å²) in [6.07, 6.45) is -4.68. The van der Waals surface area contributed by atoms with Gasteiger partial charge in [0.2, 0.25) is 0 Å². The quantitative estimate of drug-likeness (QED) is 0.246. The van der Waals surface area contributed by atoms with Crippen LogP contribution in [-0.4, -0.2) is 29.8 Å². The first-order valence-electron chi connectivity index (χ1n) is 9.42. The summed E-state index contributed by atoms with van der Waals surface area (Å²) in [7, 11) is -4.41. The summed E-state index contributed by atoms with van der Waals surface area (Å²) in [5.74, 6) is -1.67. The number of hydrogen-bond acceptors (Lipinski definition) is 6. The van der Waals surface area contributed by atoms with E-state index in [1.807, 2.05) is 6.92 Å². The fourth-order valence-electron chi connectivity index (χ4n) is 2.63. The molecule has 1 aromatic heterocycles. The molecule has 0 bridgehead atoms. The predicted molar refractivity (Wildman–Crippen MR) is 109 cm³/mol. The van der Waals surface area contributed by atoms with E-state index in [2.05, 4.69) is 14.8 Å². The summed E-state index contributed by atoms with van der Waals surface area (Å²) in [5.41, 5.74) is -1.38. The molecule has 0 atom stereocenters. The van der Waals surface area contributed by atoms with Gasteiger partial charge in [-0.3, -0.25) is 0 Å². The smallest absolute Gasteiger partial charge is 0.547 e. The molecule has 1 heterocycles. The van der Waals surface area contributed by atoms with Gasteiger partial charge in [-0.25, -0.2) is 13.1 Å². The van der Waals surface area contributed by atoms with E-state index in [-0.39, 0.29) is 75.4 Å². The van der Waals surface area contributed by atoms with Gasteiger partial charge in [0.25, 0.3) is 0 Å². The van der Waals surface area contributed by atoms with E-state index in [9.17, 15) is 31.5 Å². The van der Waals surface area contributed by atoms with Gasteiger partial charge in [-0.15, -0.1) is 0 Å². The molecule has 2 aromatic carbocycles. The monoisotopic (exact) mass is 527 g/mol. The van der Waals surface area contributed by atoms with Gasteiger partial charge in [0.1, 0.15) is 10.0 Å². The molecule has 14 heteroatoms. The Morgan fingerprint density at radius 2 is 1.57 bits per heavy atom. The largest absolute Gasteiger partial charge is 1.00 e. The van der Waals surface area contributed by atoms with Crippen molar-refractivity contribution in [2.75, 3.05) is 0 Å². The zero-order valence-corrected chi connectivity index (χ0v) is 24.4. The van der Waals surface area contributed by atoms with Crippen molar-refractivity contribution in [1.29, 1.82) is 0 Å². The number of rotatable bonds is 7. The molecule has 8 nitrogen and oxygen atoms in total. The van der Waals surface area contributed by atoms with Gasteiger partial charge in [-0.05, 0) is 51.1 Å². The van der Waals surface area contributed by atoms with Gasteiger partial charge in [-0.2, -0.15) is 18.3 Å².